The Bertz CT molecular complexity index is 700. The molecule has 0 unspecified atom stereocenters. The highest BCUT2D eigenvalue weighted by atomic mass is 32.2. The Balaban J connectivity index is 1.87. The Morgan fingerprint density at radius 1 is 1.04 bits per heavy atom. The van der Waals surface area contributed by atoms with Crippen molar-refractivity contribution < 1.29 is 18.0 Å². The third-order valence-corrected chi connectivity index (χ3v) is 5.25. The molecule has 0 aliphatic carbocycles. The summed E-state index contributed by atoms with van der Waals surface area (Å²) in [6, 6.07) is 6.52. The fraction of sp³-hybridized carbons (Fsp3) is 0.529. The van der Waals surface area contributed by atoms with Crippen LogP contribution >= 0.6 is 0 Å². The first-order valence-electron chi connectivity index (χ1n) is 8.03. The molecule has 7 heteroatoms. The van der Waals surface area contributed by atoms with Gasteiger partial charge >= 0.3 is 0 Å². The predicted octanol–water partition coefficient (Wildman–Crippen LogP) is 2.03. The lowest BCUT2D eigenvalue weighted by Gasteiger charge is -2.18. The Labute approximate surface area is 143 Å². The Morgan fingerprint density at radius 2 is 1.58 bits per heavy atom. The summed E-state index contributed by atoms with van der Waals surface area (Å²) >= 11 is 0. The van der Waals surface area contributed by atoms with Gasteiger partial charge in [0.25, 0.3) is 11.8 Å². The highest BCUT2D eigenvalue weighted by Crippen LogP contribution is 2.22. The van der Waals surface area contributed by atoms with E-state index in [1.54, 1.807) is 24.3 Å². The van der Waals surface area contributed by atoms with Crippen molar-refractivity contribution in [3.05, 3.63) is 35.4 Å². The summed E-state index contributed by atoms with van der Waals surface area (Å²) in [5, 5.41) is 0. The van der Waals surface area contributed by atoms with Gasteiger partial charge in [0, 0.05) is 13.1 Å². The van der Waals surface area contributed by atoms with Crippen LogP contribution in [0.15, 0.2) is 24.3 Å². The number of sulfonamides is 1. The van der Waals surface area contributed by atoms with E-state index in [1.165, 1.54) is 0 Å². The van der Waals surface area contributed by atoms with Gasteiger partial charge in [-0.05, 0) is 30.4 Å². The SMILES string of the molecule is CC(C)(C)CCCNS(=O)(=O)CCN1C(=O)c2ccccc2C1=O. The quantitative estimate of drug-likeness (QED) is 0.601. The average Bonchev–Trinajstić information content (AvgIpc) is 2.73. The van der Waals surface area contributed by atoms with Crippen molar-refractivity contribution in [1.29, 1.82) is 0 Å². The molecule has 1 aromatic carbocycles. The standard InChI is InChI=1S/C17H24N2O4S/c1-17(2,3)9-6-10-18-24(22,23)12-11-19-15(20)13-7-4-5-8-14(13)16(19)21/h4-5,7-8,18H,6,9-12H2,1-3H3. The van der Waals surface area contributed by atoms with Crippen molar-refractivity contribution in [2.24, 2.45) is 5.41 Å². The number of fused-ring (bicyclic) bond motifs is 1. The van der Waals surface area contributed by atoms with Crippen LogP contribution in [0.1, 0.15) is 54.3 Å². The normalized spacial score (nSPS) is 15.0. The molecule has 0 radical (unpaired) electrons. The molecule has 1 aliphatic heterocycles. The molecule has 1 heterocycles. The fourth-order valence-corrected chi connectivity index (χ4v) is 3.59. The number of benzene rings is 1. The number of imide groups is 1. The van der Waals surface area contributed by atoms with Crippen LogP contribution in [0.4, 0.5) is 0 Å². The molecule has 0 spiro atoms. The van der Waals surface area contributed by atoms with Gasteiger partial charge in [0.05, 0.1) is 16.9 Å². The van der Waals surface area contributed by atoms with Crippen LogP contribution in [-0.2, 0) is 10.0 Å². The molecule has 1 aromatic rings. The van der Waals surface area contributed by atoms with Crippen molar-refractivity contribution >= 4 is 21.8 Å². The second kappa shape index (κ2) is 7.03. The summed E-state index contributed by atoms with van der Waals surface area (Å²) in [7, 11) is -3.52. The molecule has 0 saturated heterocycles. The van der Waals surface area contributed by atoms with Crippen molar-refractivity contribution in [1.82, 2.24) is 9.62 Å². The van der Waals surface area contributed by atoms with Gasteiger partial charge in [-0.3, -0.25) is 14.5 Å². The maximum Gasteiger partial charge on any atom is 0.261 e. The van der Waals surface area contributed by atoms with Crippen molar-refractivity contribution in [3.63, 3.8) is 0 Å². The second-order valence-electron chi connectivity index (χ2n) is 7.18. The van der Waals surface area contributed by atoms with Crippen LogP contribution in [0.3, 0.4) is 0 Å². The summed E-state index contributed by atoms with van der Waals surface area (Å²) in [6.07, 6.45) is 1.66. The summed E-state index contributed by atoms with van der Waals surface area (Å²) < 4.78 is 26.6. The number of hydrogen-bond acceptors (Lipinski definition) is 4. The number of nitrogens with zero attached hydrogens (tertiary/aromatic N) is 1. The van der Waals surface area contributed by atoms with Crippen LogP contribution in [0, 0.1) is 5.41 Å². The minimum absolute atomic E-state index is 0.138. The molecular weight excluding hydrogens is 328 g/mol. The van der Waals surface area contributed by atoms with Crippen molar-refractivity contribution in [3.8, 4) is 0 Å². The van der Waals surface area contributed by atoms with Crippen LogP contribution in [-0.4, -0.2) is 44.0 Å². The summed E-state index contributed by atoms with van der Waals surface area (Å²) in [4.78, 5) is 25.4. The summed E-state index contributed by atoms with van der Waals surface area (Å²) in [6.45, 7) is 6.53. The number of nitrogens with one attached hydrogen (secondary N) is 1. The Kier molecular flexibility index (Phi) is 5.45. The van der Waals surface area contributed by atoms with Gasteiger partial charge in [0.15, 0.2) is 0 Å². The van der Waals surface area contributed by atoms with E-state index < -0.39 is 21.8 Å². The fourth-order valence-electron chi connectivity index (χ4n) is 2.57. The predicted molar refractivity (Wildman–Crippen MR) is 92.3 cm³/mol. The zero-order valence-electron chi connectivity index (χ0n) is 14.3. The lowest BCUT2D eigenvalue weighted by molar-refractivity contribution is 0.0664. The maximum atomic E-state index is 12.2. The first-order valence-corrected chi connectivity index (χ1v) is 9.68. The molecule has 0 aromatic heterocycles. The Hall–Kier alpha value is -1.73. The van der Waals surface area contributed by atoms with E-state index in [2.05, 4.69) is 25.5 Å². The number of rotatable bonds is 7. The zero-order chi connectivity index (χ0) is 18.0. The van der Waals surface area contributed by atoms with E-state index in [9.17, 15) is 18.0 Å². The lowest BCUT2D eigenvalue weighted by atomic mass is 9.91. The molecule has 6 nitrogen and oxygen atoms in total. The van der Waals surface area contributed by atoms with Gasteiger partial charge in [-0.1, -0.05) is 32.9 Å². The van der Waals surface area contributed by atoms with E-state index in [0.717, 1.165) is 17.7 Å². The summed E-state index contributed by atoms with van der Waals surface area (Å²) in [5.74, 6) is -1.15. The van der Waals surface area contributed by atoms with Gasteiger partial charge in [0.2, 0.25) is 10.0 Å². The zero-order valence-corrected chi connectivity index (χ0v) is 15.1. The molecule has 2 rings (SSSR count). The largest absolute Gasteiger partial charge is 0.273 e. The van der Waals surface area contributed by atoms with Gasteiger partial charge in [0.1, 0.15) is 0 Å². The highest BCUT2D eigenvalue weighted by molar-refractivity contribution is 7.89. The average molecular weight is 352 g/mol. The van der Waals surface area contributed by atoms with Gasteiger partial charge < -0.3 is 0 Å². The topological polar surface area (TPSA) is 83.6 Å². The van der Waals surface area contributed by atoms with Gasteiger partial charge in [-0.25, -0.2) is 13.1 Å². The number of hydrogen-bond donors (Lipinski definition) is 1. The van der Waals surface area contributed by atoms with E-state index >= 15 is 0 Å². The molecule has 0 fully saturated rings. The van der Waals surface area contributed by atoms with Crippen molar-refractivity contribution in [2.45, 2.75) is 33.6 Å². The first-order chi connectivity index (χ1) is 11.1. The van der Waals surface area contributed by atoms with E-state index in [0.29, 0.717) is 17.7 Å². The van der Waals surface area contributed by atoms with Crippen LogP contribution in [0.5, 0.6) is 0 Å². The number of amides is 2. The molecule has 2 amide bonds. The molecule has 24 heavy (non-hydrogen) atoms. The Morgan fingerprint density at radius 3 is 2.08 bits per heavy atom. The lowest BCUT2D eigenvalue weighted by Crippen LogP contribution is -2.38. The third-order valence-electron chi connectivity index (χ3n) is 3.89. The smallest absolute Gasteiger partial charge is 0.261 e. The van der Waals surface area contributed by atoms with Gasteiger partial charge in [-0.15, -0.1) is 0 Å². The third kappa shape index (κ3) is 4.64. The van der Waals surface area contributed by atoms with Gasteiger partial charge in [-0.2, -0.15) is 0 Å². The minimum atomic E-state index is -3.52. The van der Waals surface area contributed by atoms with Crippen molar-refractivity contribution in [2.75, 3.05) is 18.8 Å². The van der Waals surface area contributed by atoms with Crippen LogP contribution < -0.4 is 4.72 Å². The van der Waals surface area contributed by atoms with E-state index in [1.807, 2.05) is 0 Å². The molecule has 132 valence electrons. The number of carbonyl (C=O) groups is 2. The second-order valence-corrected chi connectivity index (χ2v) is 9.11. The molecule has 0 bridgehead atoms. The van der Waals surface area contributed by atoms with E-state index in [-0.39, 0.29) is 17.7 Å². The number of carbonyl (C=O) groups excluding carboxylic acids is 2. The maximum absolute atomic E-state index is 12.2. The molecule has 0 atom stereocenters. The molecule has 1 aliphatic rings. The van der Waals surface area contributed by atoms with Crippen LogP contribution in [0.2, 0.25) is 0 Å². The first kappa shape index (κ1) is 18.6. The molecule has 0 saturated carbocycles. The molecular formula is C17H24N2O4S. The monoisotopic (exact) mass is 352 g/mol. The summed E-state index contributed by atoms with van der Waals surface area (Å²) in [5.41, 5.74) is 0.821. The highest BCUT2D eigenvalue weighted by Gasteiger charge is 2.35. The van der Waals surface area contributed by atoms with Crippen LogP contribution in [0.25, 0.3) is 0 Å². The minimum Gasteiger partial charge on any atom is -0.273 e. The van der Waals surface area contributed by atoms with E-state index in [4.69, 9.17) is 0 Å². The molecule has 1 N–H and O–H groups in total.